The van der Waals surface area contributed by atoms with Crippen molar-refractivity contribution in [2.45, 2.75) is 43.2 Å². The maximum Gasteiger partial charge on any atom is 0.0803 e. The molecule has 0 saturated carbocycles. The SMILES string of the molecule is C=C(C[C@@H](O)[C@@H]1CCCN1)[S@@](=O)c1ccc(C)cc1. The molecule has 0 unspecified atom stereocenters. The molecule has 2 N–H and O–H groups in total. The van der Waals surface area contributed by atoms with Crippen LogP contribution in [-0.2, 0) is 10.8 Å². The van der Waals surface area contributed by atoms with Crippen LogP contribution in [0.15, 0.2) is 40.6 Å². The van der Waals surface area contributed by atoms with E-state index in [1.165, 1.54) is 0 Å². The third kappa shape index (κ3) is 3.75. The van der Waals surface area contributed by atoms with Crippen molar-refractivity contribution in [3.63, 3.8) is 0 Å². The molecule has 1 aliphatic rings. The van der Waals surface area contributed by atoms with Gasteiger partial charge >= 0.3 is 0 Å². The Labute approximate surface area is 117 Å². The Morgan fingerprint density at radius 1 is 1.53 bits per heavy atom. The second-order valence-electron chi connectivity index (χ2n) is 5.09. The summed E-state index contributed by atoms with van der Waals surface area (Å²) >= 11 is 0. The number of aliphatic hydroxyl groups excluding tert-OH is 1. The number of aryl methyl sites for hydroxylation is 1. The van der Waals surface area contributed by atoms with Crippen LogP contribution >= 0.6 is 0 Å². The van der Waals surface area contributed by atoms with Crippen molar-refractivity contribution in [2.75, 3.05) is 6.54 Å². The first-order valence-corrected chi connectivity index (χ1v) is 7.80. The second kappa shape index (κ2) is 6.46. The van der Waals surface area contributed by atoms with Crippen LogP contribution in [0.3, 0.4) is 0 Å². The average Bonchev–Trinajstić information content (AvgIpc) is 2.92. The van der Waals surface area contributed by atoms with Gasteiger partial charge in [-0.3, -0.25) is 0 Å². The highest BCUT2D eigenvalue weighted by molar-refractivity contribution is 7.89. The molecule has 1 saturated heterocycles. The van der Waals surface area contributed by atoms with E-state index < -0.39 is 16.9 Å². The molecule has 4 heteroatoms. The molecule has 0 aliphatic carbocycles. The van der Waals surface area contributed by atoms with Gasteiger partial charge in [-0.15, -0.1) is 0 Å². The first kappa shape index (κ1) is 14.4. The van der Waals surface area contributed by atoms with Crippen LogP contribution in [-0.4, -0.2) is 28.0 Å². The van der Waals surface area contributed by atoms with E-state index in [0.717, 1.165) is 29.8 Å². The highest BCUT2D eigenvalue weighted by Gasteiger charge is 2.24. The second-order valence-corrected chi connectivity index (χ2v) is 6.68. The van der Waals surface area contributed by atoms with Crippen molar-refractivity contribution >= 4 is 10.8 Å². The van der Waals surface area contributed by atoms with Gasteiger partial charge in [-0.05, 0) is 38.4 Å². The molecular weight excluding hydrogens is 258 g/mol. The van der Waals surface area contributed by atoms with Gasteiger partial charge in [0.25, 0.3) is 0 Å². The van der Waals surface area contributed by atoms with Crippen LogP contribution in [0.2, 0.25) is 0 Å². The van der Waals surface area contributed by atoms with Gasteiger partial charge in [0.15, 0.2) is 0 Å². The highest BCUT2D eigenvalue weighted by Crippen LogP contribution is 2.21. The molecule has 0 bridgehead atoms. The topological polar surface area (TPSA) is 49.3 Å². The summed E-state index contributed by atoms with van der Waals surface area (Å²) in [5, 5.41) is 13.4. The summed E-state index contributed by atoms with van der Waals surface area (Å²) in [6.45, 7) is 6.83. The summed E-state index contributed by atoms with van der Waals surface area (Å²) in [4.78, 5) is 1.34. The van der Waals surface area contributed by atoms with Gasteiger partial charge in [0.1, 0.15) is 0 Å². The zero-order valence-electron chi connectivity index (χ0n) is 11.3. The maximum atomic E-state index is 12.3. The van der Waals surface area contributed by atoms with Crippen molar-refractivity contribution in [1.29, 1.82) is 0 Å². The minimum absolute atomic E-state index is 0.117. The van der Waals surface area contributed by atoms with E-state index in [4.69, 9.17) is 0 Å². The molecule has 104 valence electrons. The lowest BCUT2D eigenvalue weighted by Crippen LogP contribution is -2.35. The summed E-state index contributed by atoms with van der Waals surface area (Å²) < 4.78 is 12.3. The van der Waals surface area contributed by atoms with Crippen LogP contribution in [0.5, 0.6) is 0 Å². The quantitative estimate of drug-likeness (QED) is 0.868. The third-order valence-electron chi connectivity index (χ3n) is 3.50. The number of rotatable bonds is 5. The lowest BCUT2D eigenvalue weighted by Gasteiger charge is -2.19. The third-order valence-corrected chi connectivity index (χ3v) is 4.89. The first-order chi connectivity index (χ1) is 9.08. The van der Waals surface area contributed by atoms with E-state index in [1.807, 2.05) is 31.2 Å². The number of hydrogen-bond acceptors (Lipinski definition) is 3. The lowest BCUT2D eigenvalue weighted by molar-refractivity contribution is 0.138. The predicted octanol–water partition coefficient (Wildman–Crippen LogP) is 2.12. The van der Waals surface area contributed by atoms with Crippen molar-refractivity contribution in [1.82, 2.24) is 5.32 Å². The van der Waals surface area contributed by atoms with Gasteiger partial charge in [-0.2, -0.15) is 0 Å². The van der Waals surface area contributed by atoms with Crippen molar-refractivity contribution < 1.29 is 9.32 Å². The number of aliphatic hydroxyl groups is 1. The minimum Gasteiger partial charge on any atom is -0.391 e. The summed E-state index contributed by atoms with van der Waals surface area (Å²) in [6.07, 6.45) is 1.96. The smallest absolute Gasteiger partial charge is 0.0803 e. The molecule has 1 fully saturated rings. The van der Waals surface area contributed by atoms with Crippen molar-refractivity contribution in [3.05, 3.63) is 41.3 Å². The molecule has 19 heavy (non-hydrogen) atoms. The maximum absolute atomic E-state index is 12.3. The van der Waals surface area contributed by atoms with Crippen LogP contribution in [0.1, 0.15) is 24.8 Å². The molecule has 2 rings (SSSR count). The Kier molecular flexibility index (Phi) is 4.91. The average molecular weight is 279 g/mol. The molecule has 3 nitrogen and oxygen atoms in total. The number of benzene rings is 1. The molecule has 0 spiro atoms. The number of nitrogens with one attached hydrogen (secondary N) is 1. The van der Waals surface area contributed by atoms with Crippen molar-refractivity contribution in [2.24, 2.45) is 0 Å². The molecule has 1 heterocycles. The molecular formula is C15H21NO2S. The summed E-state index contributed by atoms with van der Waals surface area (Å²) in [5.74, 6) is 0. The molecule has 0 aromatic heterocycles. The van der Waals surface area contributed by atoms with Gasteiger partial charge in [-0.1, -0.05) is 24.3 Å². The molecule has 0 radical (unpaired) electrons. The Morgan fingerprint density at radius 2 is 2.21 bits per heavy atom. The summed E-state index contributed by atoms with van der Waals surface area (Å²) in [5.41, 5.74) is 1.14. The zero-order chi connectivity index (χ0) is 13.8. The van der Waals surface area contributed by atoms with Crippen LogP contribution in [0.25, 0.3) is 0 Å². The fourth-order valence-electron chi connectivity index (χ4n) is 2.32. The Balaban J connectivity index is 1.95. The van der Waals surface area contributed by atoms with Crippen LogP contribution in [0, 0.1) is 6.92 Å². The normalized spacial score (nSPS) is 22.1. The monoisotopic (exact) mass is 279 g/mol. The van der Waals surface area contributed by atoms with E-state index in [0.29, 0.717) is 11.3 Å². The van der Waals surface area contributed by atoms with Crippen molar-refractivity contribution in [3.8, 4) is 0 Å². The fourth-order valence-corrected chi connectivity index (χ4v) is 3.36. The first-order valence-electron chi connectivity index (χ1n) is 6.65. The standard InChI is InChI=1S/C15H21NO2S/c1-11-5-7-13(8-6-11)19(18)12(2)10-15(17)14-4-3-9-16-14/h5-8,14-17H,2-4,9-10H2,1H3/t14-,15+,19+/m0/s1. The summed E-state index contributed by atoms with van der Waals surface area (Å²) in [7, 11) is -1.24. The van der Waals surface area contributed by atoms with E-state index in [2.05, 4.69) is 11.9 Å². The van der Waals surface area contributed by atoms with Gasteiger partial charge in [0.2, 0.25) is 0 Å². The van der Waals surface area contributed by atoms with Gasteiger partial charge in [0.05, 0.1) is 16.9 Å². The van der Waals surface area contributed by atoms with E-state index in [-0.39, 0.29) is 6.04 Å². The van der Waals surface area contributed by atoms with Gasteiger partial charge < -0.3 is 10.4 Å². The van der Waals surface area contributed by atoms with Crippen LogP contribution < -0.4 is 5.32 Å². The van der Waals surface area contributed by atoms with E-state index in [9.17, 15) is 9.32 Å². The Hall–Kier alpha value is -0.970. The Morgan fingerprint density at radius 3 is 2.79 bits per heavy atom. The number of hydrogen-bond donors (Lipinski definition) is 2. The Bertz CT molecular complexity index is 464. The largest absolute Gasteiger partial charge is 0.391 e. The predicted molar refractivity (Wildman–Crippen MR) is 78.4 cm³/mol. The van der Waals surface area contributed by atoms with Gasteiger partial charge in [-0.25, -0.2) is 4.21 Å². The molecule has 0 amide bonds. The van der Waals surface area contributed by atoms with E-state index >= 15 is 0 Å². The zero-order valence-corrected chi connectivity index (χ0v) is 12.1. The summed E-state index contributed by atoms with van der Waals surface area (Å²) in [6, 6.07) is 7.71. The molecule has 1 aromatic rings. The van der Waals surface area contributed by atoms with Crippen LogP contribution in [0.4, 0.5) is 0 Å². The lowest BCUT2D eigenvalue weighted by atomic mass is 10.1. The molecule has 1 aromatic carbocycles. The van der Waals surface area contributed by atoms with Gasteiger partial charge in [0, 0.05) is 22.3 Å². The fraction of sp³-hybridized carbons (Fsp3) is 0.467. The molecule has 3 atom stereocenters. The van der Waals surface area contributed by atoms with E-state index in [1.54, 1.807) is 0 Å². The molecule has 1 aliphatic heterocycles. The minimum atomic E-state index is -1.24. The highest BCUT2D eigenvalue weighted by atomic mass is 32.2.